The number of nitro benzene ring substituents is 1. The third kappa shape index (κ3) is 5.92. The lowest BCUT2D eigenvalue weighted by atomic mass is 10.1. The Morgan fingerprint density at radius 3 is 2.33 bits per heavy atom. The van der Waals surface area contributed by atoms with Crippen LogP contribution < -0.4 is 15.0 Å². The summed E-state index contributed by atoms with van der Waals surface area (Å²) in [5, 5.41) is 14.2. The second-order valence-electron chi connectivity index (χ2n) is 7.60. The number of nitrogens with one attached hydrogen (secondary N) is 1. The number of amides is 1. The molecule has 1 aliphatic rings. The number of rotatable bonds is 7. The van der Waals surface area contributed by atoms with Crippen molar-refractivity contribution in [1.29, 1.82) is 0 Å². The summed E-state index contributed by atoms with van der Waals surface area (Å²) in [7, 11) is 0. The molecule has 0 aliphatic carbocycles. The molecule has 1 heterocycles. The fraction of sp³-hybridized carbons (Fsp3) is 0.409. The first-order chi connectivity index (χ1) is 15.6. The molecule has 1 atom stereocenters. The first kappa shape index (κ1) is 24.3. The van der Waals surface area contributed by atoms with Gasteiger partial charge in [-0.3, -0.25) is 19.8 Å². The molecule has 2 aromatic carbocycles. The van der Waals surface area contributed by atoms with Gasteiger partial charge < -0.3 is 15.0 Å². The highest BCUT2D eigenvalue weighted by Gasteiger charge is 2.34. The van der Waals surface area contributed by atoms with Crippen LogP contribution in [0.1, 0.15) is 19.4 Å². The van der Waals surface area contributed by atoms with Gasteiger partial charge in [0.15, 0.2) is 0 Å². The standard InChI is InChI=1S/C22H25F3N4O4/c1-3-33-18-7-5-17(6-8-18)26-21(30)15(2)27-10-12-28(13-11-27)19-9-4-16(22(23,24)25)14-20(19)29(31)32/h4-9,14-15H,3,10-13H2,1-2H3,(H,26,30). The lowest BCUT2D eigenvalue weighted by Crippen LogP contribution is -2.53. The summed E-state index contributed by atoms with van der Waals surface area (Å²) in [5.74, 6) is 0.505. The Balaban J connectivity index is 1.62. The Hall–Kier alpha value is -3.34. The zero-order valence-electron chi connectivity index (χ0n) is 18.3. The van der Waals surface area contributed by atoms with Gasteiger partial charge in [0.2, 0.25) is 5.91 Å². The van der Waals surface area contributed by atoms with E-state index in [9.17, 15) is 28.1 Å². The number of alkyl halides is 3. The molecular formula is C22H25F3N4O4. The van der Waals surface area contributed by atoms with Gasteiger partial charge in [-0.1, -0.05) is 0 Å². The van der Waals surface area contributed by atoms with E-state index < -0.39 is 28.4 Å². The highest BCUT2D eigenvalue weighted by Crippen LogP contribution is 2.36. The zero-order valence-corrected chi connectivity index (χ0v) is 18.3. The van der Waals surface area contributed by atoms with Crippen molar-refractivity contribution in [1.82, 2.24) is 4.90 Å². The Morgan fingerprint density at radius 2 is 1.79 bits per heavy atom. The quantitative estimate of drug-likeness (QED) is 0.487. The van der Waals surface area contributed by atoms with Crippen LogP contribution in [0, 0.1) is 10.1 Å². The van der Waals surface area contributed by atoms with E-state index in [-0.39, 0.29) is 11.6 Å². The Kier molecular flexibility index (Phi) is 7.42. The summed E-state index contributed by atoms with van der Waals surface area (Å²) >= 11 is 0. The molecule has 3 rings (SSSR count). The van der Waals surface area contributed by atoms with E-state index >= 15 is 0 Å². The van der Waals surface area contributed by atoms with Gasteiger partial charge in [0, 0.05) is 37.9 Å². The lowest BCUT2D eigenvalue weighted by molar-refractivity contribution is -0.384. The van der Waals surface area contributed by atoms with E-state index in [1.54, 1.807) is 36.1 Å². The van der Waals surface area contributed by atoms with Crippen LogP contribution in [-0.4, -0.2) is 54.6 Å². The fourth-order valence-electron chi connectivity index (χ4n) is 3.68. The van der Waals surface area contributed by atoms with Gasteiger partial charge >= 0.3 is 6.18 Å². The molecule has 0 radical (unpaired) electrons. The van der Waals surface area contributed by atoms with E-state index in [0.717, 1.165) is 12.1 Å². The molecule has 0 aromatic heterocycles. The van der Waals surface area contributed by atoms with Gasteiger partial charge in [-0.05, 0) is 50.2 Å². The molecule has 1 unspecified atom stereocenters. The van der Waals surface area contributed by atoms with E-state index in [2.05, 4.69) is 5.32 Å². The number of carbonyl (C=O) groups excluding carboxylic acids is 1. The van der Waals surface area contributed by atoms with Gasteiger partial charge in [0.25, 0.3) is 5.69 Å². The predicted octanol–water partition coefficient (Wildman–Crippen LogP) is 4.16. The average molecular weight is 466 g/mol. The number of hydrogen-bond acceptors (Lipinski definition) is 6. The second kappa shape index (κ2) is 10.1. The molecule has 33 heavy (non-hydrogen) atoms. The Labute approximate surface area is 189 Å². The monoisotopic (exact) mass is 466 g/mol. The first-order valence-electron chi connectivity index (χ1n) is 10.5. The number of anilines is 2. The topological polar surface area (TPSA) is 88.0 Å². The van der Waals surface area contributed by atoms with E-state index in [0.29, 0.717) is 50.3 Å². The third-order valence-corrected chi connectivity index (χ3v) is 5.51. The van der Waals surface area contributed by atoms with Gasteiger partial charge in [-0.2, -0.15) is 13.2 Å². The van der Waals surface area contributed by atoms with Crippen LogP contribution in [0.4, 0.5) is 30.2 Å². The maximum Gasteiger partial charge on any atom is 0.416 e. The van der Waals surface area contributed by atoms with E-state index in [1.165, 1.54) is 0 Å². The van der Waals surface area contributed by atoms with Crippen molar-refractivity contribution < 1.29 is 27.6 Å². The van der Waals surface area contributed by atoms with Gasteiger partial charge in [-0.15, -0.1) is 0 Å². The molecule has 1 fully saturated rings. The molecule has 0 bridgehead atoms. The van der Waals surface area contributed by atoms with Crippen molar-refractivity contribution in [3.8, 4) is 5.75 Å². The fourth-order valence-corrected chi connectivity index (χ4v) is 3.68. The summed E-state index contributed by atoms with van der Waals surface area (Å²) in [6.45, 7) is 5.73. The maximum absolute atomic E-state index is 12.9. The highest BCUT2D eigenvalue weighted by atomic mass is 19.4. The van der Waals surface area contributed by atoms with Gasteiger partial charge in [-0.25, -0.2) is 0 Å². The molecule has 0 spiro atoms. The molecule has 178 valence electrons. The van der Waals surface area contributed by atoms with Crippen molar-refractivity contribution in [3.05, 3.63) is 58.1 Å². The molecule has 0 saturated carbocycles. The van der Waals surface area contributed by atoms with Crippen LogP contribution >= 0.6 is 0 Å². The predicted molar refractivity (Wildman–Crippen MR) is 118 cm³/mol. The molecule has 1 aliphatic heterocycles. The molecular weight excluding hydrogens is 441 g/mol. The minimum Gasteiger partial charge on any atom is -0.494 e. The van der Waals surface area contributed by atoms with Crippen LogP contribution in [0.2, 0.25) is 0 Å². The number of piperazine rings is 1. The largest absolute Gasteiger partial charge is 0.494 e. The van der Waals surface area contributed by atoms with Crippen molar-refractivity contribution >= 4 is 23.0 Å². The average Bonchev–Trinajstić information content (AvgIpc) is 2.79. The van der Waals surface area contributed by atoms with Crippen molar-refractivity contribution in [3.63, 3.8) is 0 Å². The number of hydrogen-bond donors (Lipinski definition) is 1. The number of ether oxygens (including phenoxy) is 1. The zero-order chi connectivity index (χ0) is 24.2. The van der Waals surface area contributed by atoms with Gasteiger partial charge in [0.1, 0.15) is 11.4 Å². The summed E-state index contributed by atoms with van der Waals surface area (Å²) in [5.41, 5.74) is -0.871. The molecule has 11 heteroatoms. The summed E-state index contributed by atoms with van der Waals surface area (Å²) in [6.07, 6.45) is -4.66. The normalized spacial score (nSPS) is 15.7. The molecule has 1 N–H and O–H groups in total. The Morgan fingerprint density at radius 1 is 1.15 bits per heavy atom. The van der Waals surface area contributed by atoms with E-state index in [1.807, 2.05) is 11.8 Å². The number of carbonyl (C=O) groups is 1. The summed E-state index contributed by atoms with van der Waals surface area (Å²) in [4.78, 5) is 26.8. The molecule has 1 saturated heterocycles. The third-order valence-electron chi connectivity index (χ3n) is 5.51. The molecule has 8 nitrogen and oxygen atoms in total. The van der Waals surface area contributed by atoms with Crippen LogP contribution in [0.25, 0.3) is 0 Å². The van der Waals surface area contributed by atoms with Crippen LogP contribution in [0.5, 0.6) is 5.75 Å². The van der Waals surface area contributed by atoms with Crippen LogP contribution in [-0.2, 0) is 11.0 Å². The maximum atomic E-state index is 12.9. The smallest absolute Gasteiger partial charge is 0.416 e. The van der Waals surface area contributed by atoms with Gasteiger partial charge in [0.05, 0.1) is 23.1 Å². The number of nitro groups is 1. The van der Waals surface area contributed by atoms with Crippen LogP contribution in [0.3, 0.4) is 0 Å². The lowest BCUT2D eigenvalue weighted by Gasteiger charge is -2.38. The molecule has 1 amide bonds. The van der Waals surface area contributed by atoms with Crippen molar-refractivity contribution in [2.24, 2.45) is 0 Å². The van der Waals surface area contributed by atoms with Crippen molar-refractivity contribution in [2.45, 2.75) is 26.1 Å². The minimum absolute atomic E-state index is 0.138. The minimum atomic E-state index is -4.66. The van der Waals surface area contributed by atoms with Crippen molar-refractivity contribution in [2.75, 3.05) is 43.0 Å². The second-order valence-corrected chi connectivity index (χ2v) is 7.60. The summed E-state index contributed by atoms with van der Waals surface area (Å²) < 4.78 is 44.2. The first-order valence-corrected chi connectivity index (χ1v) is 10.5. The Bertz CT molecular complexity index is 990. The number of benzene rings is 2. The number of halogens is 3. The molecule has 2 aromatic rings. The van der Waals surface area contributed by atoms with Crippen LogP contribution in [0.15, 0.2) is 42.5 Å². The number of nitrogens with zero attached hydrogens (tertiary/aromatic N) is 3. The highest BCUT2D eigenvalue weighted by molar-refractivity contribution is 5.94. The SMILES string of the molecule is CCOc1ccc(NC(=O)C(C)N2CCN(c3ccc(C(F)(F)F)cc3[N+](=O)[O-])CC2)cc1. The van der Waals surface area contributed by atoms with E-state index in [4.69, 9.17) is 4.74 Å². The summed E-state index contributed by atoms with van der Waals surface area (Å²) in [6, 6.07) is 9.11.